The van der Waals surface area contributed by atoms with Gasteiger partial charge in [0.1, 0.15) is 17.7 Å². The summed E-state index contributed by atoms with van der Waals surface area (Å²) in [7, 11) is 0. The van der Waals surface area contributed by atoms with Crippen LogP contribution < -0.4 is 15.4 Å². The Hall–Kier alpha value is -2.99. The van der Waals surface area contributed by atoms with E-state index in [1.807, 2.05) is 43.5 Å². The first-order chi connectivity index (χ1) is 17.1. The van der Waals surface area contributed by atoms with Gasteiger partial charge < -0.3 is 15.4 Å². The van der Waals surface area contributed by atoms with Crippen LogP contribution in [0.5, 0.6) is 5.75 Å². The molecule has 1 aliphatic carbocycles. The Morgan fingerprint density at radius 3 is 2.51 bits per heavy atom. The van der Waals surface area contributed by atoms with Gasteiger partial charge in [0.05, 0.1) is 5.52 Å². The third kappa shape index (κ3) is 5.64. The van der Waals surface area contributed by atoms with Crippen LogP contribution in [0, 0.1) is 17.7 Å². The van der Waals surface area contributed by atoms with Gasteiger partial charge >= 0.3 is 0 Å². The van der Waals surface area contributed by atoms with Crippen molar-refractivity contribution in [2.24, 2.45) is 11.8 Å². The van der Waals surface area contributed by atoms with Gasteiger partial charge in [-0.15, -0.1) is 0 Å². The molecule has 2 aliphatic rings. The zero-order chi connectivity index (χ0) is 24.2. The van der Waals surface area contributed by atoms with Crippen molar-refractivity contribution < 1.29 is 13.9 Å². The minimum Gasteiger partial charge on any atom is -0.490 e. The summed E-state index contributed by atoms with van der Waals surface area (Å²) in [5, 5.41) is 7.34. The third-order valence-corrected chi connectivity index (χ3v) is 7.78. The number of benzene rings is 2. The Labute approximate surface area is 206 Å². The van der Waals surface area contributed by atoms with Crippen LogP contribution in [0.25, 0.3) is 10.9 Å². The number of nitrogens with one attached hydrogen (secondary N) is 2. The van der Waals surface area contributed by atoms with Crippen LogP contribution in [0.2, 0.25) is 0 Å². The molecule has 184 valence electrons. The standard InChI is InChI=1S/C29H34FN3O2/c1-19(29(34)33-23-7-9-24(10-8-23)35-25-12-15-31-16-13-25)20-2-4-21(5-3-20)26-14-17-32-28-11-6-22(30)18-27(26)28/h6-11,14,17-21,25,31H,2-5,12-13,15-16H2,1H3,(H,33,34)/t19-,20?,21?/m1/s1. The van der Waals surface area contributed by atoms with Crippen molar-refractivity contribution >= 4 is 22.5 Å². The number of ether oxygens (including phenoxy) is 1. The van der Waals surface area contributed by atoms with E-state index in [1.165, 1.54) is 11.6 Å². The molecule has 0 spiro atoms. The zero-order valence-electron chi connectivity index (χ0n) is 20.3. The molecule has 1 saturated carbocycles. The Balaban J connectivity index is 1.15. The maximum absolute atomic E-state index is 13.9. The first kappa shape index (κ1) is 23.7. The van der Waals surface area contributed by atoms with Crippen molar-refractivity contribution in [3.63, 3.8) is 0 Å². The molecule has 1 aromatic heterocycles. The lowest BCUT2D eigenvalue weighted by Crippen LogP contribution is -2.34. The number of rotatable bonds is 6. The maximum atomic E-state index is 13.9. The Bertz CT molecular complexity index is 1150. The molecular weight excluding hydrogens is 441 g/mol. The summed E-state index contributed by atoms with van der Waals surface area (Å²) in [5.74, 6) is 1.35. The summed E-state index contributed by atoms with van der Waals surface area (Å²) in [6, 6.07) is 14.6. The lowest BCUT2D eigenvalue weighted by Gasteiger charge is -2.32. The van der Waals surface area contributed by atoms with Crippen LogP contribution in [0.15, 0.2) is 54.7 Å². The minimum absolute atomic E-state index is 0.0618. The highest BCUT2D eigenvalue weighted by molar-refractivity contribution is 5.92. The molecule has 2 aromatic carbocycles. The number of piperidine rings is 1. The quantitative estimate of drug-likeness (QED) is 0.455. The van der Waals surface area contributed by atoms with Crippen molar-refractivity contribution in [2.75, 3.05) is 18.4 Å². The predicted octanol–water partition coefficient (Wildman–Crippen LogP) is 6.05. The summed E-state index contributed by atoms with van der Waals surface area (Å²) in [4.78, 5) is 17.4. The van der Waals surface area contributed by atoms with Crippen molar-refractivity contribution in [3.8, 4) is 5.75 Å². The summed E-state index contributed by atoms with van der Waals surface area (Å²) >= 11 is 0. The number of hydrogen-bond donors (Lipinski definition) is 2. The molecular formula is C29H34FN3O2. The fourth-order valence-electron chi connectivity index (χ4n) is 5.62. The van der Waals surface area contributed by atoms with Crippen LogP contribution in [-0.2, 0) is 4.79 Å². The van der Waals surface area contributed by atoms with E-state index < -0.39 is 0 Å². The Morgan fingerprint density at radius 1 is 1.03 bits per heavy atom. The first-order valence-corrected chi connectivity index (χ1v) is 12.9. The first-order valence-electron chi connectivity index (χ1n) is 12.9. The molecule has 1 amide bonds. The number of carbonyl (C=O) groups excluding carboxylic acids is 1. The van der Waals surface area contributed by atoms with Crippen LogP contribution in [0.4, 0.5) is 10.1 Å². The number of hydrogen-bond acceptors (Lipinski definition) is 4. The number of aromatic nitrogens is 1. The van der Waals surface area contributed by atoms with Crippen molar-refractivity contribution in [1.82, 2.24) is 10.3 Å². The Morgan fingerprint density at radius 2 is 1.77 bits per heavy atom. The molecule has 0 bridgehead atoms. The van der Waals surface area contributed by atoms with Gasteiger partial charge in [-0.1, -0.05) is 6.92 Å². The molecule has 2 heterocycles. The number of amides is 1. The summed E-state index contributed by atoms with van der Waals surface area (Å²) in [5.41, 5.74) is 2.82. The molecule has 3 aromatic rings. The molecule has 5 rings (SSSR count). The highest BCUT2D eigenvalue weighted by Crippen LogP contribution is 2.41. The molecule has 1 atom stereocenters. The largest absolute Gasteiger partial charge is 0.490 e. The third-order valence-electron chi connectivity index (χ3n) is 7.78. The second kappa shape index (κ2) is 10.7. The van der Waals surface area contributed by atoms with Crippen molar-refractivity contribution in [1.29, 1.82) is 0 Å². The molecule has 0 radical (unpaired) electrons. The monoisotopic (exact) mass is 475 g/mol. The average Bonchev–Trinajstić information content (AvgIpc) is 2.90. The van der Waals surface area contributed by atoms with Gasteiger partial charge in [-0.05, 0) is 118 Å². The highest BCUT2D eigenvalue weighted by Gasteiger charge is 2.30. The molecule has 1 saturated heterocycles. The van der Waals surface area contributed by atoms with E-state index in [-0.39, 0.29) is 23.7 Å². The smallest absolute Gasteiger partial charge is 0.227 e. The number of anilines is 1. The van der Waals surface area contributed by atoms with E-state index >= 15 is 0 Å². The second-order valence-corrected chi connectivity index (χ2v) is 10.0. The number of halogens is 1. The minimum atomic E-state index is -0.225. The van der Waals surface area contributed by atoms with E-state index in [0.29, 0.717) is 11.8 Å². The van der Waals surface area contributed by atoms with Crippen LogP contribution in [0.3, 0.4) is 0 Å². The Kier molecular flexibility index (Phi) is 7.28. The normalized spacial score (nSPS) is 22.0. The fourth-order valence-corrected chi connectivity index (χ4v) is 5.62. The van der Waals surface area contributed by atoms with Gasteiger partial charge in [0.2, 0.25) is 5.91 Å². The van der Waals surface area contributed by atoms with Gasteiger partial charge in [-0.25, -0.2) is 4.39 Å². The van der Waals surface area contributed by atoms with Gasteiger partial charge in [0, 0.05) is 23.2 Å². The molecule has 2 fully saturated rings. The summed E-state index contributed by atoms with van der Waals surface area (Å²) in [6.45, 7) is 4.03. The number of fused-ring (bicyclic) bond motifs is 1. The second-order valence-electron chi connectivity index (χ2n) is 10.0. The van der Waals surface area contributed by atoms with Gasteiger partial charge in [0.15, 0.2) is 0 Å². The predicted molar refractivity (Wildman–Crippen MR) is 137 cm³/mol. The van der Waals surface area contributed by atoms with Gasteiger partial charge in [-0.2, -0.15) is 0 Å². The molecule has 6 heteroatoms. The van der Waals surface area contributed by atoms with Crippen LogP contribution in [-0.4, -0.2) is 30.1 Å². The van der Waals surface area contributed by atoms with Gasteiger partial charge in [0.25, 0.3) is 0 Å². The van der Waals surface area contributed by atoms with E-state index in [4.69, 9.17) is 4.74 Å². The molecule has 35 heavy (non-hydrogen) atoms. The molecule has 5 nitrogen and oxygen atoms in total. The van der Waals surface area contributed by atoms with Gasteiger partial charge in [-0.3, -0.25) is 9.78 Å². The van der Waals surface area contributed by atoms with E-state index in [0.717, 1.165) is 74.0 Å². The average molecular weight is 476 g/mol. The number of carbonyl (C=O) groups is 1. The van der Waals surface area contributed by atoms with Crippen LogP contribution in [0.1, 0.15) is 56.9 Å². The summed E-state index contributed by atoms with van der Waals surface area (Å²) < 4.78 is 19.9. The molecule has 0 unspecified atom stereocenters. The zero-order valence-corrected chi connectivity index (χ0v) is 20.3. The van der Waals surface area contributed by atoms with E-state index in [2.05, 4.69) is 15.6 Å². The summed E-state index contributed by atoms with van der Waals surface area (Å²) in [6.07, 6.45) is 8.10. The number of pyridine rings is 1. The lowest BCUT2D eigenvalue weighted by atomic mass is 9.73. The van der Waals surface area contributed by atoms with Crippen molar-refractivity contribution in [3.05, 3.63) is 66.1 Å². The van der Waals surface area contributed by atoms with Crippen LogP contribution >= 0.6 is 0 Å². The lowest BCUT2D eigenvalue weighted by molar-refractivity contribution is -0.121. The topological polar surface area (TPSA) is 63.2 Å². The van der Waals surface area contributed by atoms with E-state index in [9.17, 15) is 9.18 Å². The molecule has 1 aliphatic heterocycles. The highest BCUT2D eigenvalue weighted by atomic mass is 19.1. The fraction of sp³-hybridized carbons (Fsp3) is 0.448. The number of nitrogens with zero attached hydrogens (tertiary/aromatic N) is 1. The molecule has 2 N–H and O–H groups in total. The van der Waals surface area contributed by atoms with E-state index in [1.54, 1.807) is 12.1 Å². The SMILES string of the molecule is C[C@@H](C(=O)Nc1ccc(OC2CCNCC2)cc1)C1CCC(c2ccnc3ccc(F)cc23)CC1. The van der Waals surface area contributed by atoms with Crippen molar-refractivity contribution in [2.45, 2.75) is 57.5 Å². The maximum Gasteiger partial charge on any atom is 0.227 e.